The van der Waals surface area contributed by atoms with Gasteiger partial charge in [-0.25, -0.2) is 8.42 Å². The van der Waals surface area contributed by atoms with Crippen molar-refractivity contribution in [1.82, 2.24) is 10.0 Å². The van der Waals surface area contributed by atoms with E-state index in [1.54, 1.807) is 12.1 Å². The molecule has 1 unspecified atom stereocenters. The zero-order valence-corrected chi connectivity index (χ0v) is 18.0. The largest absolute Gasteiger partial charge is 0.352 e. The van der Waals surface area contributed by atoms with Crippen molar-refractivity contribution in [3.63, 3.8) is 0 Å². The molecule has 1 aliphatic rings. The first kappa shape index (κ1) is 21.0. The number of carbonyl (C=O) groups excluding carboxylic acids is 1. The number of nitrogens with one attached hydrogen (secondary N) is 2. The first-order chi connectivity index (χ1) is 13.4. The molecule has 1 atom stereocenters. The Balaban J connectivity index is 1.78. The first-order valence-electron chi connectivity index (χ1n) is 9.56. The Hall–Kier alpha value is -1.70. The van der Waals surface area contributed by atoms with Crippen LogP contribution in [-0.2, 0) is 21.2 Å². The van der Waals surface area contributed by atoms with Crippen LogP contribution in [0.1, 0.15) is 37.7 Å². The molecule has 0 spiro atoms. The van der Waals surface area contributed by atoms with Gasteiger partial charge in [0.1, 0.15) is 6.04 Å². The van der Waals surface area contributed by atoms with E-state index in [0.29, 0.717) is 6.42 Å². The lowest BCUT2D eigenvalue weighted by Crippen LogP contribution is -2.50. The lowest BCUT2D eigenvalue weighted by atomic mass is 9.95. The van der Waals surface area contributed by atoms with E-state index in [2.05, 4.69) is 26.0 Å². The summed E-state index contributed by atoms with van der Waals surface area (Å²) in [6, 6.07) is 15.1. The van der Waals surface area contributed by atoms with Gasteiger partial charge in [0.05, 0.1) is 4.90 Å². The molecule has 0 radical (unpaired) electrons. The summed E-state index contributed by atoms with van der Waals surface area (Å²) in [5, 5.41) is 3.05. The molecule has 0 aliphatic heterocycles. The number of hydrogen-bond acceptors (Lipinski definition) is 3. The van der Waals surface area contributed by atoms with Crippen molar-refractivity contribution in [2.75, 3.05) is 0 Å². The van der Waals surface area contributed by atoms with Crippen molar-refractivity contribution < 1.29 is 13.2 Å². The summed E-state index contributed by atoms with van der Waals surface area (Å²) in [4.78, 5) is 13.1. The van der Waals surface area contributed by atoms with Crippen molar-refractivity contribution in [1.29, 1.82) is 0 Å². The van der Waals surface area contributed by atoms with E-state index in [9.17, 15) is 13.2 Å². The highest BCUT2D eigenvalue weighted by Gasteiger charge is 2.28. The van der Waals surface area contributed by atoms with Gasteiger partial charge in [0, 0.05) is 10.5 Å². The highest BCUT2D eigenvalue weighted by molar-refractivity contribution is 9.10. The molecule has 0 heterocycles. The minimum atomic E-state index is -3.81. The molecule has 1 fully saturated rings. The molecule has 5 nitrogen and oxygen atoms in total. The van der Waals surface area contributed by atoms with E-state index in [1.165, 1.54) is 18.6 Å². The van der Waals surface area contributed by atoms with Gasteiger partial charge in [0.2, 0.25) is 15.9 Å². The minimum Gasteiger partial charge on any atom is -0.352 e. The summed E-state index contributed by atoms with van der Waals surface area (Å²) < 4.78 is 29.1. The second-order valence-electron chi connectivity index (χ2n) is 7.16. The molecule has 7 heteroatoms. The fraction of sp³-hybridized carbons (Fsp3) is 0.381. The molecule has 150 valence electrons. The van der Waals surface area contributed by atoms with Gasteiger partial charge in [0.25, 0.3) is 0 Å². The highest BCUT2D eigenvalue weighted by Crippen LogP contribution is 2.19. The van der Waals surface area contributed by atoms with Crippen molar-refractivity contribution in [3.05, 3.63) is 64.6 Å². The molecule has 1 amide bonds. The number of halogens is 1. The van der Waals surface area contributed by atoms with Gasteiger partial charge in [-0.1, -0.05) is 65.5 Å². The van der Waals surface area contributed by atoms with Gasteiger partial charge >= 0.3 is 0 Å². The minimum absolute atomic E-state index is 0.122. The lowest BCUT2D eigenvalue weighted by Gasteiger charge is -2.26. The van der Waals surface area contributed by atoms with Gasteiger partial charge in [-0.3, -0.25) is 4.79 Å². The van der Waals surface area contributed by atoms with E-state index < -0.39 is 16.1 Å². The third kappa shape index (κ3) is 5.90. The summed E-state index contributed by atoms with van der Waals surface area (Å²) in [5.41, 5.74) is 0.907. The van der Waals surface area contributed by atoms with Gasteiger partial charge in [-0.05, 0) is 49.1 Å². The van der Waals surface area contributed by atoms with Crippen LogP contribution in [0.15, 0.2) is 64.0 Å². The maximum absolute atomic E-state index is 12.9. The molecule has 1 saturated carbocycles. The number of carbonyl (C=O) groups is 1. The molecular weight excluding hydrogens is 440 g/mol. The topological polar surface area (TPSA) is 75.3 Å². The average molecular weight is 465 g/mol. The van der Waals surface area contributed by atoms with Crippen LogP contribution in [0.3, 0.4) is 0 Å². The molecule has 0 aromatic heterocycles. The number of amides is 1. The summed E-state index contributed by atoms with van der Waals surface area (Å²) in [7, 11) is -3.81. The SMILES string of the molecule is O=C(NC1CCCCC1)C(Cc1ccccc1)NS(=O)(=O)c1ccc(Br)cc1. The monoisotopic (exact) mass is 464 g/mol. The Morgan fingerprint density at radius 3 is 2.29 bits per heavy atom. The van der Waals surface area contributed by atoms with Crippen molar-refractivity contribution in [2.45, 2.75) is 55.5 Å². The van der Waals surface area contributed by atoms with Crippen LogP contribution in [0.4, 0.5) is 0 Å². The Bertz CT molecular complexity index is 880. The predicted octanol–water partition coefficient (Wildman–Crippen LogP) is 3.79. The summed E-state index contributed by atoms with van der Waals surface area (Å²) in [6.45, 7) is 0. The fourth-order valence-corrected chi connectivity index (χ4v) is 4.92. The number of benzene rings is 2. The quantitative estimate of drug-likeness (QED) is 0.654. The predicted molar refractivity (Wildman–Crippen MR) is 113 cm³/mol. The Morgan fingerprint density at radius 2 is 1.64 bits per heavy atom. The third-order valence-corrected chi connectivity index (χ3v) is 6.99. The summed E-state index contributed by atoms with van der Waals surface area (Å²) >= 11 is 3.31. The molecule has 3 rings (SSSR count). The van der Waals surface area contributed by atoms with Crippen LogP contribution in [0.5, 0.6) is 0 Å². The van der Waals surface area contributed by atoms with E-state index in [-0.39, 0.29) is 16.8 Å². The van der Waals surface area contributed by atoms with Crippen LogP contribution in [-0.4, -0.2) is 26.4 Å². The van der Waals surface area contributed by atoms with Gasteiger partial charge in [-0.15, -0.1) is 0 Å². The third-order valence-electron chi connectivity index (χ3n) is 4.97. The maximum atomic E-state index is 12.9. The van der Waals surface area contributed by atoms with Crippen LogP contribution in [0.25, 0.3) is 0 Å². The molecule has 2 aromatic carbocycles. The zero-order chi connectivity index (χ0) is 20.0. The van der Waals surface area contributed by atoms with Crippen molar-refractivity contribution >= 4 is 31.9 Å². The highest BCUT2D eigenvalue weighted by atomic mass is 79.9. The number of hydrogen-bond donors (Lipinski definition) is 2. The maximum Gasteiger partial charge on any atom is 0.241 e. The second-order valence-corrected chi connectivity index (χ2v) is 9.79. The molecule has 28 heavy (non-hydrogen) atoms. The van der Waals surface area contributed by atoms with Crippen LogP contribution in [0, 0.1) is 0 Å². The Kier molecular flexibility index (Phi) is 7.26. The van der Waals surface area contributed by atoms with E-state index in [0.717, 1.165) is 35.7 Å². The van der Waals surface area contributed by atoms with E-state index >= 15 is 0 Å². The molecule has 2 aromatic rings. The van der Waals surface area contributed by atoms with E-state index in [1.807, 2.05) is 30.3 Å². The average Bonchev–Trinajstić information content (AvgIpc) is 2.69. The zero-order valence-electron chi connectivity index (χ0n) is 15.6. The van der Waals surface area contributed by atoms with Crippen LogP contribution >= 0.6 is 15.9 Å². The van der Waals surface area contributed by atoms with Gasteiger partial charge in [-0.2, -0.15) is 4.72 Å². The van der Waals surface area contributed by atoms with Gasteiger partial charge < -0.3 is 5.32 Å². The van der Waals surface area contributed by atoms with Crippen molar-refractivity contribution in [3.8, 4) is 0 Å². The summed E-state index contributed by atoms with van der Waals surface area (Å²) in [6.07, 6.45) is 5.58. The van der Waals surface area contributed by atoms with Gasteiger partial charge in [0.15, 0.2) is 0 Å². The van der Waals surface area contributed by atoms with Crippen molar-refractivity contribution in [2.24, 2.45) is 0 Å². The lowest BCUT2D eigenvalue weighted by molar-refractivity contribution is -0.123. The van der Waals surface area contributed by atoms with Crippen LogP contribution in [0.2, 0.25) is 0 Å². The molecular formula is C21H25BrN2O3S. The Morgan fingerprint density at radius 1 is 1.00 bits per heavy atom. The smallest absolute Gasteiger partial charge is 0.241 e. The first-order valence-corrected chi connectivity index (χ1v) is 11.8. The van der Waals surface area contributed by atoms with Crippen LogP contribution < -0.4 is 10.0 Å². The normalized spacial score (nSPS) is 16.5. The number of sulfonamides is 1. The fourth-order valence-electron chi connectivity index (χ4n) is 3.46. The molecule has 2 N–H and O–H groups in total. The Labute approximate surface area is 175 Å². The second kappa shape index (κ2) is 9.67. The summed E-state index contributed by atoms with van der Waals surface area (Å²) in [5.74, 6) is -0.267. The molecule has 1 aliphatic carbocycles. The molecule has 0 bridgehead atoms. The van der Waals surface area contributed by atoms with E-state index in [4.69, 9.17) is 0 Å². The number of rotatable bonds is 7. The molecule has 0 saturated heterocycles. The standard InChI is InChI=1S/C21H25BrN2O3S/c22-17-11-13-19(14-12-17)28(26,27)24-20(15-16-7-3-1-4-8-16)21(25)23-18-9-5-2-6-10-18/h1,3-4,7-8,11-14,18,20,24H,2,5-6,9-10,15H2,(H,23,25).